The predicted octanol–water partition coefficient (Wildman–Crippen LogP) is 1.67. The van der Waals surface area contributed by atoms with Gasteiger partial charge in [0, 0.05) is 38.7 Å². The van der Waals surface area contributed by atoms with Gasteiger partial charge in [-0.15, -0.1) is 0 Å². The van der Waals surface area contributed by atoms with Crippen molar-refractivity contribution in [2.45, 2.75) is 38.3 Å². The minimum atomic E-state index is -0.606. The maximum atomic E-state index is 13.9. The maximum absolute atomic E-state index is 13.9. The summed E-state index contributed by atoms with van der Waals surface area (Å²) in [5.74, 6) is -1.44. The number of hydrogen-bond acceptors (Lipinski definition) is 3. The highest BCUT2D eigenvalue weighted by molar-refractivity contribution is 5.87. The molecular formula is C17H21F2N3O2. The number of rotatable bonds is 3. The Morgan fingerprint density at radius 3 is 2.71 bits per heavy atom. The molecule has 2 aliphatic heterocycles. The molecule has 24 heavy (non-hydrogen) atoms. The van der Waals surface area contributed by atoms with Crippen LogP contribution < -0.4 is 10.2 Å². The topological polar surface area (TPSA) is 52.7 Å². The van der Waals surface area contributed by atoms with Crippen LogP contribution in [0.2, 0.25) is 0 Å². The van der Waals surface area contributed by atoms with Crippen molar-refractivity contribution in [3.05, 3.63) is 29.8 Å². The van der Waals surface area contributed by atoms with Crippen LogP contribution in [0.5, 0.6) is 0 Å². The number of nitrogens with one attached hydrogen (secondary N) is 1. The first-order valence-electron chi connectivity index (χ1n) is 8.23. The molecule has 0 unspecified atom stereocenters. The molecule has 1 aromatic carbocycles. The number of hydrogen-bond donors (Lipinski definition) is 1. The van der Waals surface area contributed by atoms with E-state index in [0.29, 0.717) is 38.2 Å². The van der Waals surface area contributed by atoms with Gasteiger partial charge in [-0.05, 0) is 31.4 Å². The molecule has 2 aliphatic rings. The van der Waals surface area contributed by atoms with Crippen molar-refractivity contribution >= 4 is 17.5 Å². The molecule has 1 aromatic rings. The number of nitrogens with zero attached hydrogens (tertiary/aromatic N) is 2. The van der Waals surface area contributed by atoms with Crippen molar-refractivity contribution in [2.24, 2.45) is 0 Å². The quantitative estimate of drug-likeness (QED) is 0.913. The second-order valence-electron chi connectivity index (χ2n) is 6.41. The summed E-state index contributed by atoms with van der Waals surface area (Å²) in [6.07, 6.45) is 2.19. The van der Waals surface area contributed by atoms with Gasteiger partial charge >= 0.3 is 0 Å². The molecule has 2 heterocycles. The lowest BCUT2D eigenvalue weighted by molar-refractivity contribution is -0.137. The minimum absolute atomic E-state index is 0.0888. The molecule has 130 valence electrons. The van der Waals surface area contributed by atoms with Crippen molar-refractivity contribution in [3.63, 3.8) is 0 Å². The third-order valence-corrected chi connectivity index (χ3v) is 4.74. The summed E-state index contributed by atoms with van der Waals surface area (Å²) >= 11 is 0. The highest BCUT2D eigenvalue weighted by Gasteiger charge is 2.34. The maximum Gasteiger partial charge on any atom is 0.243 e. The van der Waals surface area contributed by atoms with Crippen molar-refractivity contribution < 1.29 is 18.4 Å². The van der Waals surface area contributed by atoms with Crippen LogP contribution in [0.1, 0.15) is 26.2 Å². The van der Waals surface area contributed by atoms with Gasteiger partial charge in [0.1, 0.15) is 17.7 Å². The highest BCUT2D eigenvalue weighted by atomic mass is 19.1. The molecule has 1 N–H and O–H groups in total. The number of carbonyl (C=O) groups excluding carboxylic acids is 2. The van der Waals surface area contributed by atoms with Gasteiger partial charge in [-0.2, -0.15) is 0 Å². The fraction of sp³-hybridized carbons (Fsp3) is 0.529. The van der Waals surface area contributed by atoms with Crippen LogP contribution in [0.3, 0.4) is 0 Å². The lowest BCUT2D eigenvalue weighted by Gasteiger charge is -2.24. The fourth-order valence-electron chi connectivity index (χ4n) is 3.55. The lowest BCUT2D eigenvalue weighted by Crippen LogP contribution is -2.49. The zero-order valence-corrected chi connectivity index (χ0v) is 13.6. The van der Waals surface area contributed by atoms with E-state index in [0.717, 1.165) is 12.5 Å². The van der Waals surface area contributed by atoms with Crippen LogP contribution in [0, 0.1) is 11.6 Å². The van der Waals surface area contributed by atoms with E-state index in [1.165, 1.54) is 19.1 Å². The van der Waals surface area contributed by atoms with Crippen molar-refractivity contribution in [3.8, 4) is 0 Å². The monoisotopic (exact) mass is 337 g/mol. The van der Waals surface area contributed by atoms with E-state index in [9.17, 15) is 18.4 Å². The molecule has 2 amide bonds. The van der Waals surface area contributed by atoms with Crippen molar-refractivity contribution in [1.82, 2.24) is 10.2 Å². The first-order valence-corrected chi connectivity index (χ1v) is 8.23. The Labute approximate surface area is 139 Å². The number of anilines is 1. The zero-order chi connectivity index (χ0) is 17.3. The normalized spacial score (nSPS) is 23.6. The van der Waals surface area contributed by atoms with Gasteiger partial charge in [-0.1, -0.05) is 0 Å². The summed E-state index contributed by atoms with van der Waals surface area (Å²) in [7, 11) is 0. The number of carbonyl (C=O) groups is 2. The largest absolute Gasteiger partial charge is 0.367 e. The van der Waals surface area contributed by atoms with Gasteiger partial charge in [0.25, 0.3) is 0 Å². The van der Waals surface area contributed by atoms with E-state index in [4.69, 9.17) is 0 Å². The SMILES string of the molecule is CC(=O)N1CCC[C@H]1C(=O)N[C@H]1CCN(c2ccc(F)cc2F)C1. The average Bonchev–Trinajstić information content (AvgIpc) is 3.16. The Hall–Kier alpha value is -2.18. The van der Waals surface area contributed by atoms with Crippen LogP contribution in [-0.4, -0.2) is 48.4 Å². The summed E-state index contributed by atoms with van der Waals surface area (Å²) < 4.78 is 26.9. The summed E-state index contributed by atoms with van der Waals surface area (Å²) in [4.78, 5) is 27.4. The molecule has 0 aliphatic carbocycles. The molecule has 2 fully saturated rings. The third-order valence-electron chi connectivity index (χ3n) is 4.74. The molecule has 0 aromatic heterocycles. The molecular weight excluding hydrogens is 316 g/mol. The molecule has 0 bridgehead atoms. The molecule has 0 saturated carbocycles. The lowest BCUT2D eigenvalue weighted by atomic mass is 10.1. The van der Waals surface area contributed by atoms with Gasteiger partial charge < -0.3 is 15.1 Å². The molecule has 2 atom stereocenters. The van der Waals surface area contributed by atoms with Gasteiger partial charge in [-0.3, -0.25) is 9.59 Å². The molecule has 0 spiro atoms. The second-order valence-corrected chi connectivity index (χ2v) is 6.41. The zero-order valence-electron chi connectivity index (χ0n) is 13.6. The first-order chi connectivity index (χ1) is 11.5. The number of likely N-dealkylation sites (tertiary alicyclic amines) is 1. The Kier molecular flexibility index (Phi) is 4.69. The third kappa shape index (κ3) is 3.34. The number of halogens is 2. The summed E-state index contributed by atoms with van der Waals surface area (Å²) in [5.41, 5.74) is 0.347. The van der Waals surface area contributed by atoms with Crippen LogP contribution in [0.4, 0.5) is 14.5 Å². The van der Waals surface area contributed by atoms with Gasteiger partial charge in [0.05, 0.1) is 5.69 Å². The fourth-order valence-corrected chi connectivity index (χ4v) is 3.55. The van der Waals surface area contributed by atoms with Crippen LogP contribution in [0.15, 0.2) is 18.2 Å². The molecule has 5 nitrogen and oxygen atoms in total. The summed E-state index contributed by atoms with van der Waals surface area (Å²) in [6, 6.07) is 3.01. The van der Waals surface area contributed by atoms with Gasteiger partial charge in [0.15, 0.2) is 0 Å². The Bertz CT molecular complexity index is 653. The molecule has 3 rings (SSSR count). The Morgan fingerprint density at radius 1 is 1.21 bits per heavy atom. The van der Waals surface area contributed by atoms with Crippen LogP contribution in [-0.2, 0) is 9.59 Å². The number of amides is 2. The first kappa shape index (κ1) is 16.7. The molecule has 7 heteroatoms. The van der Waals surface area contributed by atoms with E-state index in [1.54, 1.807) is 9.80 Å². The van der Waals surface area contributed by atoms with Crippen molar-refractivity contribution in [1.29, 1.82) is 0 Å². The van der Waals surface area contributed by atoms with Gasteiger partial charge in [-0.25, -0.2) is 8.78 Å². The predicted molar refractivity (Wildman–Crippen MR) is 85.5 cm³/mol. The van der Waals surface area contributed by atoms with E-state index in [2.05, 4.69) is 5.32 Å². The van der Waals surface area contributed by atoms with Crippen LogP contribution >= 0.6 is 0 Å². The molecule has 2 saturated heterocycles. The van der Waals surface area contributed by atoms with Crippen LogP contribution in [0.25, 0.3) is 0 Å². The summed E-state index contributed by atoms with van der Waals surface area (Å²) in [5, 5.41) is 2.97. The van der Waals surface area contributed by atoms with E-state index in [1.807, 2.05) is 0 Å². The van der Waals surface area contributed by atoms with E-state index in [-0.39, 0.29) is 17.9 Å². The van der Waals surface area contributed by atoms with E-state index >= 15 is 0 Å². The average molecular weight is 337 g/mol. The highest BCUT2D eigenvalue weighted by Crippen LogP contribution is 2.25. The smallest absolute Gasteiger partial charge is 0.243 e. The Morgan fingerprint density at radius 2 is 2.00 bits per heavy atom. The Balaban J connectivity index is 1.60. The van der Waals surface area contributed by atoms with E-state index < -0.39 is 17.7 Å². The second kappa shape index (κ2) is 6.75. The standard InChI is InChI=1S/C17H21F2N3O2/c1-11(23)22-7-2-3-16(22)17(24)20-13-6-8-21(10-13)15-5-4-12(18)9-14(15)19/h4-5,9,13,16H,2-3,6-8,10H2,1H3,(H,20,24)/t13-,16-/m0/s1. The van der Waals surface area contributed by atoms with Crippen molar-refractivity contribution in [2.75, 3.05) is 24.5 Å². The summed E-state index contributed by atoms with van der Waals surface area (Å²) in [6.45, 7) is 3.15. The molecule has 0 radical (unpaired) electrons. The number of benzene rings is 1. The van der Waals surface area contributed by atoms with Gasteiger partial charge in [0.2, 0.25) is 11.8 Å². The minimum Gasteiger partial charge on any atom is -0.367 e.